The number of aromatic amines is 1. The maximum Gasteiger partial charge on any atom is 0.254 e. The van der Waals surface area contributed by atoms with E-state index in [0.717, 1.165) is 0 Å². The second-order valence-electron chi connectivity index (χ2n) is 5.19. The Kier molecular flexibility index (Phi) is 3.70. The summed E-state index contributed by atoms with van der Waals surface area (Å²) in [6.07, 6.45) is 0.0612. The van der Waals surface area contributed by atoms with Gasteiger partial charge in [-0.1, -0.05) is 0 Å². The van der Waals surface area contributed by atoms with Gasteiger partial charge in [-0.15, -0.1) is 0 Å². The van der Waals surface area contributed by atoms with Gasteiger partial charge in [-0.25, -0.2) is 4.98 Å². The number of nitrogens with zero attached hydrogens (tertiary/aromatic N) is 1. The van der Waals surface area contributed by atoms with Crippen molar-refractivity contribution in [3.63, 3.8) is 0 Å². The van der Waals surface area contributed by atoms with Crippen LogP contribution < -0.4 is 10.9 Å². The van der Waals surface area contributed by atoms with Crippen LogP contribution in [0.5, 0.6) is 0 Å². The van der Waals surface area contributed by atoms with Gasteiger partial charge in [0.15, 0.2) is 0 Å². The number of carbonyl (C=O) groups excluding carboxylic acids is 1. The highest BCUT2D eigenvalue weighted by Crippen LogP contribution is 2.03. The molecule has 5 nitrogen and oxygen atoms in total. The van der Waals surface area contributed by atoms with E-state index in [0.29, 0.717) is 17.1 Å². The predicted octanol–water partition coefficient (Wildman–Crippen LogP) is 0.844. The number of hydrogen-bond donors (Lipinski definition) is 2. The molecule has 0 saturated heterocycles. The minimum Gasteiger partial charge on any atom is -0.351 e. The van der Waals surface area contributed by atoms with Gasteiger partial charge in [-0.05, 0) is 34.6 Å². The van der Waals surface area contributed by atoms with Crippen molar-refractivity contribution in [3.8, 4) is 0 Å². The second-order valence-corrected chi connectivity index (χ2v) is 5.19. The van der Waals surface area contributed by atoms with Crippen molar-refractivity contribution in [3.05, 3.63) is 27.4 Å². The van der Waals surface area contributed by atoms with Crippen LogP contribution in [0, 0.1) is 13.8 Å². The summed E-state index contributed by atoms with van der Waals surface area (Å²) in [4.78, 5) is 30.2. The molecule has 0 aliphatic carbocycles. The Morgan fingerprint density at radius 3 is 2.41 bits per heavy atom. The lowest BCUT2D eigenvalue weighted by atomic mass is 10.1. The van der Waals surface area contributed by atoms with Crippen LogP contribution in [0.2, 0.25) is 0 Å². The van der Waals surface area contributed by atoms with Crippen molar-refractivity contribution in [2.75, 3.05) is 0 Å². The summed E-state index contributed by atoms with van der Waals surface area (Å²) in [7, 11) is 0. The molecule has 1 amide bonds. The normalized spacial score (nSPS) is 11.4. The highest BCUT2D eigenvalue weighted by molar-refractivity contribution is 5.79. The lowest BCUT2D eigenvalue weighted by Gasteiger charge is -2.20. The maximum absolute atomic E-state index is 11.7. The van der Waals surface area contributed by atoms with Gasteiger partial charge in [0.05, 0.1) is 6.42 Å². The Morgan fingerprint density at radius 1 is 1.35 bits per heavy atom. The van der Waals surface area contributed by atoms with E-state index in [-0.39, 0.29) is 23.4 Å². The minimum atomic E-state index is -0.296. The molecule has 0 aliphatic heterocycles. The number of carbonyl (C=O) groups is 1. The van der Waals surface area contributed by atoms with Gasteiger partial charge in [0, 0.05) is 16.8 Å². The summed E-state index contributed by atoms with van der Waals surface area (Å²) in [5.74, 6) is 0.393. The molecule has 0 spiro atoms. The largest absolute Gasteiger partial charge is 0.351 e. The Morgan fingerprint density at radius 2 is 1.94 bits per heavy atom. The molecular weight excluding hydrogens is 218 g/mol. The first kappa shape index (κ1) is 13.4. The summed E-state index contributed by atoms with van der Waals surface area (Å²) >= 11 is 0. The fraction of sp³-hybridized carbons (Fsp3) is 0.583. The Bertz CT molecular complexity index is 484. The van der Waals surface area contributed by atoms with Gasteiger partial charge in [0.25, 0.3) is 5.56 Å². The molecule has 0 aromatic carbocycles. The minimum absolute atomic E-state index is 0.0612. The van der Waals surface area contributed by atoms with Crippen LogP contribution in [-0.2, 0) is 11.2 Å². The molecule has 0 radical (unpaired) electrons. The third-order valence-electron chi connectivity index (χ3n) is 2.19. The van der Waals surface area contributed by atoms with Gasteiger partial charge in [0.1, 0.15) is 5.82 Å². The number of aryl methyl sites for hydroxylation is 2. The van der Waals surface area contributed by atoms with Crippen LogP contribution in [0.25, 0.3) is 0 Å². The highest BCUT2D eigenvalue weighted by Gasteiger charge is 2.16. The SMILES string of the molecule is Cc1nc(C)c(CC(=O)NC(C)(C)C)c(=O)[nH]1. The molecular formula is C12H19N3O2. The van der Waals surface area contributed by atoms with Crippen molar-refractivity contribution in [2.45, 2.75) is 46.6 Å². The van der Waals surface area contributed by atoms with E-state index in [1.54, 1.807) is 13.8 Å². The van der Waals surface area contributed by atoms with E-state index in [9.17, 15) is 9.59 Å². The van der Waals surface area contributed by atoms with Crippen LogP contribution in [0.4, 0.5) is 0 Å². The zero-order valence-corrected chi connectivity index (χ0v) is 11.0. The van der Waals surface area contributed by atoms with Crippen LogP contribution in [-0.4, -0.2) is 21.4 Å². The smallest absolute Gasteiger partial charge is 0.254 e. The highest BCUT2D eigenvalue weighted by atomic mass is 16.2. The molecule has 0 bridgehead atoms. The zero-order chi connectivity index (χ0) is 13.2. The Balaban J connectivity index is 2.90. The second kappa shape index (κ2) is 4.69. The Hall–Kier alpha value is -1.65. The van der Waals surface area contributed by atoms with Crippen LogP contribution >= 0.6 is 0 Å². The van der Waals surface area contributed by atoms with E-state index in [2.05, 4.69) is 15.3 Å². The van der Waals surface area contributed by atoms with Gasteiger partial charge >= 0.3 is 0 Å². The zero-order valence-electron chi connectivity index (χ0n) is 11.0. The summed E-state index contributed by atoms with van der Waals surface area (Å²) in [5, 5.41) is 2.82. The van der Waals surface area contributed by atoms with Crippen molar-refractivity contribution >= 4 is 5.91 Å². The van der Waals surface area contributed by atoms with Gasteiger partial charge in [-0.2, -0.15) is 0 Å². The monoisotopic (exact) mass is 237 g/mol. The average molecular weight is 237 g/mol. The third kappa shape index (κ3) is 4.01. The molecule has 0 unspecified atom stereocenters. The lowest BCUT2D eigenvalue weighted by Crippen LogP contribution is -2.42. The van der Waals surface area contributed by atoms with Crippen molar-refractivity contribution in [1.29, 1.82) is 0 Å². The first-order valence-electron chi connectivity index (χ1n) is 5.56. The van der Waals surface area contributed by atoms with Crippen molar-refractivity contribution in [1.82, 2.24) is 15.3 Å². The maximum atomic E-state index is 11.7. The molecule has 1 heterocycles. The topological polar surface area (TPSA) is 74.8 Å². The van der Waals surface area contributed by atoms with Gasteiger partial charge < -0.3 is 10.3 Å². The number of hydrogen-bond acceptors (Lipinski definition) is 3. The molecule has 5 heteroatoms. The molecule has 17 heavy (non-hydrogen) atoms. The van der Waals surface area contributed by atoms with Gasteiger partial charge in [-0.3, -0.25) is 9.59 Å². The van der Waals surface area contributed by atoms with Crippen LogP contribution in [0.15, 0.2) is 4.79 Å². The van der Waals surface area contributed by atoms with Crippen molar-refractivity contribution < 1.29 is 4.79 Å². The molecule has 0 atom stereocenters. The third-order valence-corrected chi connectivity index (χ3v) is 2.19. The summed E-state index contributed by atoms with van der Waals surface area (Å²) in [6, 6.07) is 0. The standard InChI is InChI=1S/C12H19N3O2/c1-7-9(11(17)14-8(2)13-7)6-10(16)15-12(3,4)5/h6H2,1-5H3,(H,15,16)(H,13,14,17). The van der Waals surface area contributed by atoms with Gasteiger partial charge in [0.2, 0.25) is 5.91 Å². The fourth-order valence-corrected chi connectivity index (χ4v) is 1.58. The summed E-state index contributed by atoms with van der Waals surface area (Å²) < 4.78 is 0. The van der Waals surface area contributed by atoms with E-state index in [1.165, 1.54) is 0 Å². The fourth-order valence-electron chi connectivity index (χ4n) is 1.58. The molecule has 0 fully saturated rings. The van der Waals surface area contributed by atoms with E-state index >= 15 is 0 Å². The average Bonchev–Trinajstić information content (AvgIpc) is 2.08. The van der Waals surface area contributed by atoms with E-state index in [1.807, 2.05) is 20.8 Å². The van der Waals surface area contributed by atoms with Crippen LogP contribution in [0.1, 0.15) is 37.9 Å². The van der Waals surface area contributed by atoms with E-state index < -0.39 is 0 Å². The molecule has 0 aliphatic rings. The molecule has 2 N–H and O–H groups in total. The number of nitrogens with one attached hydrogen (secondary N) is 2. The first-order valence-corrected chi connectivity index (χ1v) is 5.56. The number of H-pyrrole nitrogens is 1. The Labute approximate surface area is 101 Å². The quantitative estimate of drug-likeness (QED) is 0.800. The molecule has 1 rings (SSSR count). The lowest BCUT2D eigenvalue weighted by molar-refractivity contribution is -0.121. The summed E-state index contributed by atoms with van der Waals surface area (Å²) in [6.45, 7) is 9.15. The van der Waals surface area contributed by atoms with E-state index in [4.69, 9.17) is 0 Å². The number of amides is 1. The predicted molar refractivity (Wildman–Crippen MR) is 65.9 cm³/mol. The number of aromatic nitrogens is 2. The number of rotatable bonds is 2. The molecule has 1 aromatic heterocycles. The molecule has 0 saturated carbocycles. The first-order chi connectivity index (χ1) is 7.69. The summed E-state index contributed by atoms with van der Waals surface area (Å²) in [5.41, 5.74) is 0.502. The molecule has 1 aromatic rings. The van der Waals surface area contributed by atoms with Crippen molar-refractivity contribution in [2.24, 2.45) is 0 Å². The molecule has 94 valence electrons. The van der Waals surface area contributed by atoms with Crippen LogP contribution in [0.3, 0.4) is 0 Å².